The smallest absolute Gasteiger partial charge is 0.272 e. The van der Waals surface area contributed by atoms with E-state index >= 15 is 0 Å². The van der Waals surface area contributed by atoms with Gasteiger partial charge in [-0.15, -0.1) is 10.2 Å². The summed E-state index contributed by atoms with van der Waals surface area (Å²) in [6.07, 6.45) is 5.04. The third-order valence-electron chi connectivity index (χ3n) is 6.51. The van der Waals surface area contributed by atoms with Gasteiger partial charge in [-0.3, -0.25) is 9.78 Å². The van der Waals surface area contributed by atoms with Crippen molar-refractivity contribution >= 4 is 17.4 Å². The first-order chi connectivity index (χ1) is 16.6. The average Bonchev–Trinajstić information content (AvgIpc) is 3.23. The molecular formula is C24H21ClF3N3O4. The third-order valence-corrected chi connectivity index (χ3v) is 6.81. The van der Waals surface area contributed by atoms with Crippen molar-refractivity contribution in [1.82, 2.24) is 15.2 Å². The van der Waals surface area contributed by atoms with Gasteiger partial charge in [-0.1, -0.05) is 11.6 Å². The molecule has 11 heteroatoms. The van der Waals surface area contributed by atoms with Crippen LogP contribution in [0, 0.1) is 11.2 Å². The first kappa shape index (κ1) is 23.6. The molecule has 0 amide bonds. The summed E-state index contributed by atoms with van der Waals surface area (Å²) in [5.41, 5.74) is -0.591. The summed E-state index contributed by atoms with van der Waals surface area (Å²) in [7, 11) is 0. The van der Waals surface area contributed by atoms with E-state index in [1.54, 1.807) is 0 Å². The topological polar surface area (TPSA) is 87.3 Å². The molecule has 3 fully saturated rings. The maximum atomic E-state index is 13.5. The van der Waals surface area contributed by atoms with E-state index < -0.39 is 11.7 Å². The van der Waals surface area contributed by atoms with Crippen LogP contribution in [0.4, 0.5) is 13.2 Å². The van der Waals surface area contributed by atoms with Crippen LogP contribution in [0.3, 0.4) is 0 Å². The zero-order valence-corrected chi connectivity index (χ0v) is 19.4. The van der Waals surface area contributed by atoms with Gasteiger partial charge in [-0.2, -0.15) is 0 Å². The maximum absolute atomic E-state index is 13.5. The second kappa shape index (κ2) is 8.51. The van der Waals surface area contributed by atoms with Crippen LogP contribution in [0.1, 0.15) is 50.0 Å². The summed E-state index contributed by atoms with van der Waals surface area (Å²) in [6, 6.07) is 5.26. The standard InChI is InChI=1S/C24H21ClF3N3O4/c1-22(27,28)14-4-17(8-29-7-14)34-10-20-30-31-21(35-20)24-11-23(12-24,13-24)6-15(32)9-33-16-2-3-18(25)19(26)5-16/h2-5,7-8H,6,9-13H2,1H3. The second-order valence-corrected chi connectivity index (χ2v) is 9.89. The molecule has 3 aliphatic rings. The number of pyridine rings is 1. The zero-order valence-electron chi connectivity index (χ0n) is 18.7. The van der Waals surface area contributed by atoms with Gasteiger partial charge in [-0.25, -0.2) is 13.2 Å². The van der Waals surface area contributed by atoms with Crippen LogP contribution in [-0.4, -0.2) is 27.6 Å². The molecular weight excluding hydrogens is 487 g/mol. The van der Waals surface area contributed by atoms with E-state index in [9.17, 15) is 18.0 Å². The van der Waals surface area contributed by atoms with E-state index in [-0.39, 0.29) is 57.8 Å². The van der Waals surface area contributed by atoms with Gasteiger partial charge < -0.3 is 13.9 Å². The number of ether oxygens (including phenoxy) is 2. The molecule has 0 aliphatic heterocycles. The number of ketones is 1. The predicted octanol–water partition coefficient (Wildman–Crippen LogP) is 5.41. The molecule has 0 radical (unpaired) electrons. The molecule has 6 rings (SSSR count). The number of hydrogen-bond donors (Lipinski definition) is 0. The molecule has 2 heterocycles. The Hall–Kier alpha value is -3.14. The summed E-state index contributed by atoms with van der Waals surface area (Å²) < 4.78 is 57.0. The Bertz CT molecular complexity index is 1260. The molecule has 3 saturated carbocycles. The highest BCUT2D eigenvalue weighted by Gasteiger charge is 2.71. The fraction of sp³-hybridized carbons (Fsp3) is 0.417. The third kappa shape index (κ3) is 4.71. The van der Waals surface area contributed by atoms with Gasteiger partial charge in [-0.05, 0) is 42.9 Å². The van der Waals surface area contributed by atoms with Crippen LogP contribution in [0.15, 0.2) is 41.1 Å². The van der Waals surface area contributed by atoms with Gasteiger partial charge in [0.15, 0.2) is 12.4 Å². The highest BCUT2D eigenvalue weighted by Crippen LogP contribution is 2.74. The summed E-state index contributed by atoms with van der Waals surface area (Å²) in [4.78, 5) is 16.2. The monoisotopic (exact) mass is 507 g/mol. The van der Waals surface area contributed by atoms with E-state index in [2.05, 4.69) is 15.2 Å². The highest BCUT2D eigenvalue weighted by atomic mass is 35.5. The van der Waals surface area contributed by atoms with Crippen LogP contribution in [-0.2, 0) is 22.7 Å². The number of alkyl halides is 2. The molecule has 184 valence electrons. The van der Waals surface area contributed by atoms with E-state index in [4.69, 9.17) is 25.5 Å². The van der Waals surface area contributed by atoms with Crippen molar-refractivity contribution < 1.29 is 31.9 Å². The number of carbonyl (C=O) groups is 1. The number of hydrogen-bond acceptors (Lipinski definition) is 7. The van der Waals surface area contributed by atoms with Gasteiger partial charge in [0.2, 0.25) is 5.89 Å². The molecule has 0 atom stereocenters. The maximum Gasteiger partial charge on any atom is 0.272 e. The molecule has 1 aromatic carbocycles. The Morgan fingerprint density at radius 1 is 1.14 bits per heavy atom. The SMILES string of the molecule is CC(F)(F)c1cncc(OCc2nnc(C34CC(CC(=O)COc5ccc(Cl)c(F)c5)(C3)C4)o2)c1. The first-order valence-electron chi connectivity index (χ1n) is 10.9. The summed E-state index contributed by atoms with van der Waals surface area (Å²) in [5.74, 6) is -2.55. The summed E-state index contributed by atoms with van der Waals surface area (Å²) >= 11 is 5.64. The Balaban J connectivity index is 1.10. The molecule has 7 nitrogen and oxygen atoms in total. The van der Waals surface area contributed by atoms with Crippen molar-refractivity contribution in [3.05, 3.63) is 64.8 Å². The van der Waals surface area contributed by atoms with Crippen molar-refractivity contribution in [2.45, 2.75) is 50.6 Å². The normalized spacial score (nSPS) is 22.8. The molecule has 0 N–H and O–H groups in total. The Morgan fingerprint density at radius 3 is 2.63 bits per heavy atom. The molecule has 3 aliphatic carbocycles. The van der Waals surface area contributed by atoms with Gasteiger partial charge in [0, 0.05) is 31.2 Å². The number of carbonyl (C=O) groups excluding carboxylic acids is 1. The lowest BCUT2D eigenvalue weighted by Crippen LogP contribution is -2.65. The van der Waals surface area contributed by atoms with Crippen molar-refractivity contribution in [1.29, 1.82) is 0 Å². The fourth-order valence-electron chi connectivity index (χ4n) is 5.02. The zero-order chi connectivity index (χ0) is 24.8. The van der Waals surface area contributed by atoms with E-state index in [1.807, 2.05) is 0 Å². The van der Waals surface area contributed by atoms with E-state index in [0.29, 0.717) is 12.3 Å². The Morgan fingerprint density at radius 2 is 1.91 bits per heavy atom. The number of benzene rings is 1. The van der Waals surface area contributed by atoms with Gasteiger partial charge >= 0.3 is 0 Å². The lowest BCUT2D eigenvalue weighted by atomic mass is 9.34. The summed E-state index contributed by atoms with van der Waals surface area (Å²) in [5, 5.41) is 8.12. The first-order valence-corrected chi connectivity index (χ1v) is 11.3. The van der Waals surface area contributed by atoms with Crippen molar-refractivity contribution in [3.8, 4) is 11.5 Å². The predicted molar refractivity (Wildman–Crippen MR) is 117 cm³/mol. The lowest BCUT2D eigenvalue weighted by Gasteiger charge is -2.68. The van der Waals surface area contributed by atoms with Crippen LogP contribution >= 0.6 is 11.6 Å². The molecule has 3 aromatic rings. The quantitative estimate of drug-likeness (QED) is 0.362. The average molecular weight is 508 g/mol. The number of halogens is 4. The second-order valence-electron chi connectivity index (χ2n) is 9.48. The fourth-order valence-corrected chi connectivity index (χ4v) is 5.14. The minimum Gasteiger partial charge on any atom is -0.486 e. The van der Waals surface area contributed by atoms with Crippen molar-refractivity contribution in [3.63, 3.8) is 0 Å². The van der Waals surface area contributed by atoms with Gasteiger partial charge in [0.25, 0.3) is 11.8 Å². The van der Waals surface area contributed by atoms with E-state index in [0.717, 1.165) is 38.4 Å². The van der Waals surface area contributed by atoms with Crippen LogP contribution < -0.4 is 9.47 Å². The van der Waals surface area contributed by atoms with Crippen LogP contribution in [0.2, 0.25) is 5.02 Å². The molecule has 2 bridgehead atoms. The molecule has 0 unspecified atom stereocenters. The van der Waals surface area contributed by atoms with Crippen LogP contribution in [0.25, 0.3) is 0 Å². The molecule has 35 heavy (non-hydrogen) atoms. The van der Waals surface area contributed by atoms with Crippen molar-refractivity contribution in [2.75, 3.05) is 6.61 Å². The Kier molecular flexibility index (Phi) is 5.74. The number of Topliss-reactive ketones (excluding diaryl/α,β-unsaturated/α-hetero) is 1. The Labute approximate surface area is 203 Å². The number of rotatable bonds is 10. The molecule has 0 spiro atoms. The van der Waals surface area contributed by atoms with Crippen molar-refractivity contribution in [2.24, 2.45) is 5.41 Å². The van der Waals surface area contributed by atoms with Crippen LogP contribution in [0.5, 0.6) is 11.5 Å². The number of aromatic nitrogens is 3. The largest absolute Gasteiger partial charge is 0.486 e. The molecule has 2 aromatic heterocycles. The number of nitrogens with zero attached hydrogens (tertiary/aromatic N) is 3. The van der Waals surface area contributed by atoms with Gasteiger partial charge in [0.1, 0.15) is 23.9 Å². The van der Waals surface area contributed by atoms with E-state index in [1.165, 1.54) is 24.4 Å². The lowest BCUT2D eigenvalue weighted by molar-refractivity contribution is -0.168. The highest BCUT2D eigenvalue weighted by molar-refractivity contribution is 6.30. The summed E-state index contributed by atoms with van der Waals surface area (Å²) in [6.45, 7) is 0.573. The molecule has 0 saturated heterocycles. The van der Waals surface area contributed by atoms with Gasteiger partial charge in [0.05, 0.1) is 16.6 Å². The minimum absolute atomic E-state index is 0.00838. The minimum atomic E-state index is -3.02.